The fourth-order valence-corrected chi connectivity index (χ4v) is 2.37. The second-order valence-corrected chi connectivity index (χ2v) is 5.11. The first-order valence-electron chi connectivity index (χ1n) is 6.52. The van der Waals surface area contributed by atoms with Crippen LogP contribution in [0.3, 0.4) is 0 Å². The van der Waals surface area contributed by atoms with E-state index in [2.05, 4.69) is 25.7 Å². The van der Waals surface area contributed by atoms with Crippen molar-refractivity contribution in [2.45, 2.75) is 46.0 Å². The monoisotopic (exact) mass is 223 g/mol. The van der Waals surface area contributed by atoms with Crippen LogP contribution in [0.15, 0.2) is 12.2 Å². The van der Waals surface area contributed by atoms with Gasteiger partial charge in [-0.3, -0.25) is 4.79 Å². The van der Waals surface area contributed by atoms with Gasteiger partial charge >= 0.3 is 0 Å². The average molecular weight is 223 g/mol. The van der Waals surface area contributed by atoms with Crippen molar-refractivity contribution in [1.29, 1.82) is 0 Å². The van der Waals surface area contributed by atoms with E-state index in [1.54, 1.807) is 0 Å². The second kappa shape index (κ2) is 6.85. The predicted molar refractivity (Wildman–Crippen MR) is 68.4 cm³/mol. The summed E-state index contributed by atoms with van der Waals surface area (Å²) in [5.41, 5.74) is 1.07. The molecule has 92 valence electrons. The van der Waals surface area contributed by atoms with Crippen molar-refractivity contribution in [3.8, 4) is 0 Å². The van der Waals surface area contributed by atoms with Gasteiger partial charge in [-0.1, -0.05) is 26.0 Å². The summed E-state index contributed by atoms with van der Waals surface area (Å²) < 4.78 is 0. The smallest absolute Gasteiger partial charge is 0.137 e. The second-order valence-electron chi connectivity index (χ2n) is 5.11. The van der Waals surface area contributed by atoms with Gasteiger partial charge in [-0.2, -0.15) is 0 Å². The summed E-state index contributed by atoms with van der Waals surface area (Å²) in [5.74, 6) is 1.57. The van der Waals surface area contributed by atoms with E-state index in [-0.39, 0.29) is 0 Å². The van der Waals surface area contributed by atoms with Crippen molar-refractivity contribution in [2.75, 3.05) is 13.1 Å². The third kappa shape index (κ3) is 4.48. The number of carbonyl (C=O) groups is 1. The van der Waals surface area contributed by atoms with Crippen molar-refractivity contribution in [3.63, 3.8) is 0 Å². The number of rotatable bonds is 6. The SMILES string of the molecule is C=C(CC)CC(=O)CC(C)C1CCCNC1. The molecule has 2 unspecified atom stereocenters. The summed E-state index contributed by atoms with van der Waals surface area (Å²) in [7, 11) is 0. The standard InChI is InChI=1S/C14H25NO/c1-4-11(2)8-14(16)9-12(3)13-6-5-7-15-10-13/h12-13,15H,2,4-10H2,1,3H3. The van der Waals surface area contributed by atoms with Gasteiger partial charge < -0.3 is 5.32 Å². The molecule has 2 atom stereocenters. The lowest BCUT2D eigenvalue weighted by Gasteiger charge is -2.28. The first-order chi connectivity index (χ1) is 7.63. The average Bonchev–Trinajstić information content (AvgIpc) is 2.29. The first-order valence-corrected chi connectivity index (χ1v) is 6.52. The van der Waals surface area contributed by atoms with Crippen LogP contribution in [0.25, 0.3) is 0 Å². The summed E-state index contributed by atoms with van der Waals surface area (Å²) in [6.45, 7) is 10.4. The van der Waals surface area contributed by atoms with Crippen LogP contribution in [0, 0.1) is 11.8 Å². The Morgan fingerprint density at radius 2 is 2.31 bits per heavy atom. The maximum atomic E-state index is 11.8. The van der Waals surface area contributed by atoms with Gasteiger partial charge in [0.2, 0.25) is 0 Å². The normalized spacial score (nSPS) is 22.8. The van der Waals surface area contributed by atoms with Crippen LogP contribution in [0.1, 0.15) is 46.0 Å². The zero-order valence-corrected chi connectivity index (χ0v) is 10.7. The fraction of sp³-hybridized carbons (Fsp3) is 0.786. The molecule has 1 N–H and O–H groups in total. The van der Waals surface area contributed by atoms with Crippen LogP contribution in [0.2, 0.25) is 0 Å². The van der Waals surface area contributed by atoms with E-state index < -0.39 is 0 Å². The van der Waals surface area contributed by atoms with Crippen LogP contribution >= 0.6 is 0 Å². The van der Waals surface area contributed by atoms with Crippen molar-refractivity contribution in [1.82, 2.24) is 5.32 Å². The molecule has 16 heavy (non-hydrogen) atoms. The zero-order valence-electron chi connectivity index (χ0n) is 10.7. The Hall–Kier alpha value is -0.630. The number of piperidine rings is 1. The van der Waals surface area contributed by atoms with Gasteiger partial charge in [-0.15, -0.1) is 0 Å². The molecule has 1 fully saturated rings. The minimum atomic E-state index is 0.366. The number of nitrogens with one attached hydrogen (secondary N) is 1. The molecular weight excluding hydrogens is 198 g/mol. The summed E-state index contributed by atoms with van der Waals surface area (Å²) in [6, 6.07) is 0. The lowest BCUT2D eigenvalue weighted by Crippen LogP contribution is -2.34. The summed E-state index contributed by atoms with van der Waals surface area (Å²) in [4.78, 5) is 11.8. The largest absolute Gasteiger partial charge is 0.316 e. The highest BCUT2D eigenvalue weighted by molar-refractivity contribution is 5.80. The van der Waals surface area contributed by atoms with Crippen molar-refractivity contribution < 1.29 is 4.79 Å². The molecule has 0 aromatic carbocycles. The molecule has 0 radical (unpaired) electrons. The molecule has 2 heteroatoms. The van der Waals surface area contributed by atoms with Gasteiger partial charge in [0.15, 0.2) is 0 Å². The van der Waals surface area contributed by atoms with Crippen molar-refractivity contribution in [2.24, 2.45) is 11.8 Å². The summed E-state index contributed by atoms with van der Waals surface area (Å²) >= 11 is 0. The number of carbonyl (C=O) groups excluding carboxylic acids is 1. The topological polar surface area (TPSA) is 29.1 Å². The minimum absolute atomic E-state index is 0.366. The Morgan fingerprint density at radius 3 is 2.88 bits per heavy atom. The van der Waals surface area contributed by atoms with Gasteiger partial charge in [0.1, 0.15) is 5.78 Å². The molecule has 0 aromatic rings. The lowest BCUT2D eigenvalue weighted by atomic mass is 9.83. The first kappa shape index (κ1) is 13.4. The summed E-state index contributed by atoms with van der Waals surface area (Å²) in [5, 5.41) is 3.41. The Labute approximate surface area is 99.5 Å². The van der Waals surface area contributed by atoms with E-state index in [4.69, 9.17) is 0 Å². The zero-order chi connectivity index (χ0) is 12.0. The van der Waals surface area contributed by atoms with Crippen LogP contribution in [0.4, 0.5) is 0 Å². The molecule has 2 nitrogen and oxygen atoms in total. The van der Waals surface area contributed by atoms with Gasteiger partial charge in [-0.05, 0) is 44.2 Å². The molecule has 0 saturated carbocycles. The molecule has 1 aliphatic heterocycles. The van der Waals surface area contributed by atoms with Gasteiger partial charge in [0.05, 0.1) is 0 Å². The van der Waals surface area contributed by atoms with Gasteiger partial charge in [0, 0.05) is 12.8 Å². The highest BCUT2D eigenvalue weighted by Gasteiger charge is 2.21. The van der Waals surface area contributed by atoms with Crippen LogP contribution in [-0.2, 0) is 4.79 Å². The lowest BCUT2D eigenvalue weighted by molar-refractivity contribution is -0.119. The fourth-order valence-electron chi connectivity index (χ4n) is 2.37. The molecule has 1 rings (SSSR count). The van der Waals surface area contributed by atoms with Crippen LogP contribution in [-0.4, -0.2) is 18.9 Å². The maximum absolute atomic E-state index is 11.8. The van der Waals surface area contributed by atoms with Crippen molar-refractivity contribution in [3.05, 3.63) is 12.2 Å². The van der Waals surface area contributed by atoms with E-state index in [9.17, 15) is 4.79 Å². The molecule has 0 aromatic heterocycles. The highest BCUT2D eigenvalue weighted by atomic mass is 16.1. The Kier molecular flexibility index (Phi) is 5.75. The Bertz CT molecular complexity index is 241. The number of ketones is 1. The summed E-state index contributed by atoms with van der Waals surface area (Å²) in [6.07, 6.45) is 4.76. The number of Topliss-reactive ketones (excluding diaryl/α,β-unsaturated/α-hetero) is 1. The quantitative estimate of drug-likeness (QED) is 0.701. The molecule has 1 aliphatic rings. The molecule has 0 amide bonds. The molecular formula is C14H25NO. The number of hydrogen-bond acceptors (Lipinski definition) is 2. The maximum Gasteiger partial charge on any atom is 0.137 e. The molecule has 1 saturated heterocycles. The van der Waals surface area contributed by atoms with Crippen molar-refractivity contribution >= 4 is 5.78 Å². The number of allylic oxidation sites excluding steroid dienone is 1. The third-order valence-electron chi connectivity index (χ3n) is 3.64. The van der Waals surface area contributed by atoms with Crippen LogP contribution in [0.5, 0.6) is 0 Å². The molecule has 1 heterocycles. The Morgan fingerprint density at radius 1 is 1.56 bits per heavy atom. The van der Waals surface area contributed by atoms with E-state index >= 15 is 0 Å². The van der Waals surface area contributed by atoms with Gasteiger partial charge in [0.25, 0.3) is 0 Å². The van der Waals surface area contributed by atoms with E-state index in [0.29, 0.717) is 24.0 Å². The highest BCUT2D eigenvalue weighted by Crippen LogP contribution is 2.23. The molecule has 0 aliphatic carbocycles. The van der Waals surface area contributed by atoms with E-state index in [1.807, 2.05) is 0 Å². The van der Waals surface area contributed by atoms with Gasteiger partial charge in [-0.25, -0.2) is 0 Å². The Balaban J connectivity index is 2.29. The number of hydrogen-bond donors (Lipinski definition) is 1. The predicted octanol–water partition coefficient (Wildman–Crippen LogP) is 2.94. The third-order valence-corrected chi connectivity index (χ3v) is 3.64. The molecule has 0 spiro atoms. The van der Waals surface area contributed by atoms with E-state index in [1.165, 1.54) is 12.8 Å². The van der Waals surface area contributed by atoms with E-state index in [0.717, 1.165) is 31.5 Å². The minimum Gasteiger partial charge on any atom is -0.316 e. The van der Waals surface area contributed by atoms with Crippen LogP contribution < -0.4 is 5.32 Å². The molecule has 0 bridgehead atoms.